The lowest BCUT2D eigenvalue weighted by molar-refractivity contribution is 0.348. The molecule has 0 saturated heterocycles. The largest absolute Gasteiger partial charge is 0.496 e. The number of ether oxygens (including phenoxy) is 3. The van der Waals surface area contributed by atoms with Gasteiger partial charge in [0.1, 0.15) is 5.75 Å². The summed E-state index contributed by atoms with van der Waals surface area (Å²) in [6.07, 6.45) is 0. The van der Waals surface area contributed by atoms with Crippen LogP contribution in [0.2, 0.25) is 0 Å². The molecule has 1 heterocycles. The fourth-order valence-electron chi connectivity index (χ4n) is 2.43. The van der Waals surface area contributed by atoms with Crippen LogP contribution in [0.4, 0.5) is 0 Å². The number of nitrogens with zero attached hydrogens (tertiary/aromatic N) is 2. The van der Waals surface area contributed by atoms with Crippen molar-refractivity contribution >= 4 is 0 Å². The lowest BCUT2D eigenvalue weighted by Crippen LogP contribution is -1.95. The molecule has 0 aliphatic rings. The molecule has 0 radical (unpaired) electrons. The lowest BCUT2D eigenvalue weighted by atomic mass is 10.1. The van der Waals surface area contributed by atoms with Gasteiger partial charge in [-0.25, -0.2) is 0 Å². The van der Waals surface area contributed by atoms with Gasteiger partial charge in [-0.3, -0.25) is 0 Å². The molecule has 0 N–H and O–H groups in total. The van der Waals surface area contributed by atoms with Crippen molar-refractivity contribution in [1.29, 1.82) is 0 Å². The summed E-state index contributed by atoms with van der Waals surface area (Å²) in [5.41, 5.74) is 2.66. The minimum absolute atomic E-state index is 0.351. The average Bonchev–Trinajstić information content (AvgIpc) is 3.10. The maximum atomic E-state index is 5.42. The Kier molecular flexibility index (Phi) is 4.37. The molecule has 6 heteroatoms. The van der Waals surface area contributed by atoms with Crippen molar-refractivity contribution in [1.82, 2.24) is 10.1 Å². The van der Waals surface area contributed by atoms with Gasteiger partial charge in [-0.05, 0) is 13.0 Å². The Morgan fingerprint density at radius 2 is 1.58 bits per heavy atom. The molecule has 124 valence electrons. The van der Waals surface area contributed by atoms with Crippen LogP contribution in [0.25, 0.3) is 22.8 Å². The third-order valence-corrected chi connectivity index (χ3v) is 3.64. The number of hydrogen-bond acceptors (Lipinski definition) is 6. The Hall–Kier alpha value is -3.02. The first-order valence-electron chi connectivity index (χ1n) is 7.37. The molecule has 0 bridgehead atoms. The van der Waals surface area contributed by atoms with Crippen molar-refractivity contribution in [2.75, 3.05) is 21.3 Å². The molecule has 24 heavy (non-hydrogen) atoms. The molecule has 0 amide bonds. The van der Waals surface area contributed by atoms with Gasteiger partial charge in [-0.2, -0.15) is 4.98 Å². The van der Waals surface area contributed by atoms with E-state index in [9.17, 15) is 0 Å². The van der Waals surface area contributed by atoms with Gasteiger partial charge in [0.15, 0.2) is 11.5 Å². The van der Waals surface area contributed by atoms with Crippen LogP contribution in [-0.2, 0) is 0 Å². The molecule has 6 nitrogen and oxygen atoms in total. The number of hydrogen-bond donors (Lipinski definition) is 0. The molecule has 3 rings (SSSR count). The van der Waals surface area contributed by atoms with Gasteiger partial charge < -0.3 is 18.7 Å². The highest BCUT2D eigenvalue weighted by Crippen LogP contribution is 2.39. The van der Waals surface area contributed by atoms with Gasteiger partial charge in [0.2, 0.25) is 5.82 Å². The van der Waals surface area contributed by atoms with Gasteiger partial charge in [0.05, 0.1) is 26.9 Å². The molecule has 0 unspecified atom stereocenters. The van der Waals surface area contributed by atoms with Crippen molar-refractivity contribution in [3.63, 3.8) is 0 Å². The first kappa shape index (κ1) is 15.9. The van der Waals surface area contributed by atoms with Gasteiger partial charge in [0, 0.05) is 17.7 Å². The number of methoxy groups -OCH3 is 3. The van der Waals surface area contributed by atoms with E-state index < -0.39 is 0 Å². The highest BCUT2D eigenvalue weighted by molar-refractivity contribution is 5.70. The first-order chi connectivity index (χ1) is 11.7. The van der Waals surface area contributed by atoms with Crippen LogP contribution in [0.15, 0.2) is 40.9 Å². The monoisotopic (exact) mass is 326 g/mol. The van der Waals surface area contributed by atoms with E-state index >= 15 is 0 Å². The Bertz CT molecular complexity index is 858. The summed E-state index contributed by atoms with van der Waals surface area (Å²) < 4.78 is 21.5. The smallest absolute Gasteiger partial charge is 0.262 e. The maximum absolute atomic E-state index is 5.42. The number of aryl methyl sites for hydroxylation is 1. The van der Waals surface area contributed by atoms with Crippen LogP contribution < -0.4 is 14.2 Å². The fourth-order valence-corrected chi connectivity index (χ4v) is 2.43. The van der Waals surface area contributed by atoms with E-state index in [0.29, 0.717) is 34.5 Å². The Morgan fingerprint density at radius 3 is 2.25 bits per heavy atom. The zero-order valence-corrected chi connectivity index (χ0v) is 14.0. The highest BCUT2D eigenvalue weighted by Gasteiger charge is 2.19. The van der Waals surface area contributed by atoms with E-state index in [1.807, 2.05) is 31.2 Å². The minimum Gasteiger partial charge on any atom is -0.496 e. The van der Waals surface area contributed by atoms with Gasteiger partial charge in [-0.15, -0.1) is 0 Å². The molecule has 1 aromatic heterocycles. The van der Waals surface area contributed by atoms with E-state index in [2.05, 4.69) is 10.1 Å². The van der Waals surface area contributed by atoms with Crippen molar-refractivity contribution in [3.8, 4) is 40.1 Å². The second-order valence-electron chi connectivity index (χ2n) is 5.20. The third-order valence-electron chi connectivity index (χ3n) is 3.64. The van der Waals surface area contributed by atoms with Crippen LogP contribution >= 0.6 is 0 Å². The summed E-state index contributed by atoms with van der Waals surface area (Å²) >= 11 is 0. The summed E-state index contributed by atoms with van der Waals surface area (Å²) in [6.45, 7) is 2.02. The van der Waals surface area contributed by atoms with Crippen LogP contribution in [0.3, 0.4) is 0 Å². The van der Waals surface area contributed by atoms with Gasteiger partial charge >= 0.3 is 0 Å². The minimum atomic E-state index is 0.351. The second kappa shape index (κ2) is 6.62. The summed E-state index contributed by atoms with van der Waals surface area (Å²) in [4.78, 5) is 4.48. The van der Waals surface area contributed by atoms with Gasteiger partial charge in [0.25, 0.3) is 5.89 Å². The number of benzene rings is 2. The molecular weight excluding hydrogens is 308 g/mol. The van der Waals surface area contributed by atoms with E-state index in [4.69, 9.17) is 18.7 Å². The Labute approximate surface area is 140 Å². The van der Waals surface area contributed by atoms with E-state index in [-0.39, 0.29) is 0 Å². The first-order valence-corrected chi connectivity index (χ1v) is 7.37. The molecular formula is C18H18N2O4. The molecule has 0 atom stereocenters. The van der Waals surface area contributed by atoms with E-state index in [1.54, 1.807) is 33.5 Å². The SMILES string of the molecule is COc1cc(OC)c(-c2nc(-c3cccc(C)c3)no2)cc1OC. The maximum Gasteiger partial charge on any atom is 0.262 e. The highest BCUT2D eigenvalue weighted by atomic mass is 16.5. The summed E-state index contributed by atoms with van der Waals surface area (Å²) in [5.74, 6) is 2.56. The standard InChI is InChI=1S/C18H18N2O4/c1-11-6-5-7-12(8-11)17-19-18(24-20-17)13-9-15(22-3)16(23-4)10-14(13)21-2/h5-10H,1-4H3. The predicted octanol–water partition coefficient (Wildman–Crippen LogP) is 3.74. The van der Waals surface area contributed by atoms with E-state index in [1.165, 1.54) is 0 Å². The summed E-state index contributed by atoms with van der Waals surface area (Å²) in [5, 5.41) is 4.06. The van der Waals surface area contributed by atoms with Crippen molar-refractivity contribution in [2.45, 2.75) is 6.92 Å². The fraction of sp³-hybridized carbons (Fsp3) is 0.222. The molecule has 0 aliphatic carbocycles. The van der Waals surface area contributed by atoms with Crippen molar-refractivity contribution < 1.29 is 18.7 Å². The summed E-state index contributed by atoms with van der Waals surface area (Å²) in [7, 11) is 4.71. The zero-order chi connectivity index (χ0) is 17.1. The normalized spacial score (nSPS) is 10.5. The average molecular weight is 326 g/mol. The number of rotatable bonds is 5. The quantitative estimate of drug-likeness (QED) is 0.711. The predicted molar refractivity (Wildman–Crippen MR) is 89.6 cm³/mol. The molecule has 0 spiro atoms. The molecule has 2 aromatic carbocycles. The molecule has 0 fully saturated rings. The second-order valence-corrected chi connectivity index (χ2v) is 5.20. The summed E-state index contributed by atoms with van der Waals surface area (Å²) in [6, 6.07) is 11.4. The Balaban J connectivity index is 2.06. The van der Waals surface area contributed by atoms with Gasteiger partial charge in [-0.1, -0.05) is 28.9 Å². The van der Waals surface area contributed by atoms with Crippen LogP contribution in [0.1, 0.15) is 5.56 Å². The van der Waals surface area contributed by atoms with Crippen LogP contribution in [0.5, 0.6) is 17.2 Å². The van der Waals surface area contributed by atoms with Crippen molar-refractivity contribution in [3.05, 3.63) is 42.0 Å². The number of aromatic nitrogens is 2. The molecule has 0 aliphatic heterocycles. The Morgan fingerprint density at radius 1 is 0.875 bits per heavy atom. The topological polar surface area (TPSA) is 66.6 Å². The molecule has 0 saturated carbocycles. The third kappa shape index (κ3) is 2.90. The zero-order valence-electron chi connectivity index (χ0n) is 14.0. The van der Waals surface area contributed by atoms with Crippen LogP contribution in [0, 0.1) is 6.92 Å². The van der Waals surface area contributed by atoms with Crippen molar-refractivity contribution in [2.24, 2.45) is 0 Å². The van der Waals surface area contributed by atoms with Crippen LogP contribution in [-0.4, -0.2) is 31.5 Å². The van der Waals surface area contributed by atoms with E-state index in [0.717, 1.165) is 11.1 Å². The lowest BCUT2D eigenvalue weighted by Gasteiger charge is -2.11. The molecule has 3 aromatic rings.